The topological polar surface area (TPSA) is 89.9 Å². The van der Waals surface area contributed by atoms with Crippen molar-refractivity contribution in [2.45, 2.75) is 19.9 Å². The van der Waals surface area contributed by atoms with E-state index in [-0.39, 0.29) is 6.04 Å². The van der Waals surface area contributed by atoms with Crippen molar-refractivity contribution in [3.05, 3.63) is 12.1 Å². The van der Waals surface area contributed by atoms with Gasteiger partial charge in [-0.2, -0.15) is 4.98 Å². The lowest BCUT2D eigenvalue weighted by Crippen LogP contribution is -2.26. The third kappa shape index (κ3) is 2.04. The fourth-order valence-electron chi connectivity index (χ4n) is 1.23. The van der Waals surface area contributed by atoms with Gasteiger partial charge in [-0.15, -0.1) is 0 Å². The Morgan fingerprint density at radius 1 is 1.53 bits per heavy atom. The highest BCUT2D eigenvalue weighted by Gasteiger charge is 2.07. The van der Waals surface area contributed by atoms with Crippen LogP contribution >= 0.6 is 0 Å². The van der Waals surface area contributed by atoms with Crippen LogP contribution in [0.2, 0.25) is 0 Å². The molecule has 2 aromatic rings. The number of aryl methyl sites for hydroxylation is 1. The minimum Gasteiger partial charge on any atom is -0.425 e. The Labute approximate surface area is 86.9 Å². The third-order valence-electron chi connectivity index (χ3n) is 1.95. The number of aromatic nitrogens is 3. The van der Waals surface area contributed by atoms with E-state index in [4.69, 9.17) is 10.2 Å². The zero-order valence-corrected chi connectivity index (χ0v) is 8.69. The van der Waals surface area contributed by atoms with Crippen molar-refractivity contribution in [3.8, 4) is 0 Å². The number of nitrogens with one attached hydrogen (secondary N) is 1. The Bertz CT molecular complexity index is 464. The highest BCUT2D eigenvalue weighted by Crippen LogP contribution is 2.14. The predicted octanol–water partition coefficient (Wildman–Crippen LogP) is 0.685. The second-order valence-corrected chi connectivity index (χ2v) is 3.50. The van der Waals surface area contributed by atoms with Gasteiger partial charge >= 0.3 is 0 Å². The molecule has 2 rings (SSSR count). The summed E-state index contributed by atoms with van der Waals surface area (Å²) in [6.45, 7) is 4.40. The molecule has 6 nitrogen and oxygen atoms in total. The van der Waals surface area contributed by atoms with E-state index in [2.05, 4.69) is 20.3 Å². The Kier molecular flexibility index (Phi) is 2.51. The second-order valence-electron chi connectivity index (χ2n) is 3.50. The lowest BCUT2D eigenvalue weighted by Gasteiger charge is -2.07. The number of nitrogens with two attached hydrogens (primary N) is 1. The van der Waals surface area contributed by atoms with Crippen molar-refractivity contribution < 1.29 is 4.42 Å². The summed E-state index contributed by atoms with van der Waals surface area (Å²) in [5.41, 5.74) is 7.60. The molecule has 0 aliphatic carbocycles. The summed E-state index contributed by atoms with van der Waals surface area (Å²) < 4.78 is 5.11. The second kappa shape index (κ2) is 3.82. The van der Waals surface area contributed by atoms with Crippen LogP contribution in [-0.4, -0.2) is 27.5 Å². The van der Waals surface area contributed by atoms with E-state index in [0.29, 0.717) is 23.7 Å². The number of fused-ring (bicyclic) bond motifs is 1. The highest BCUT2D eigenvalue weighted by molar-refractivity contribution is 5.71. The number of rotatable bonds is 3. The summed E-state index contributed by atoms with van der Waals surface area (Å²) in [4.78, 5) is 12.4. The van der Waals surface area contributed by atoms with Gasteiger partial charge < -0.3 is 15.5 Å². The number of oxazole rings is 1. The van der Waals surface area contributed by atoms with Gasteiger partial charge in [-0.05, 0) is 13.8 Å². The molecule has 1 atom stereocenters. The summed E-state index contributed by atoms with van der Waals surface area (Å²) >= 11 is 0. The van der Waals surface area contributed by atoms with E-state index in [1.54, 1.807) is 0 Å². The normalized spacial score (nSPS) is 13.0. The van der Waals surface area contributed by atoms with Gasteiger partial charge in [0.15, 0.2) is 11.9 Å². The summed E-state index contributed by atoms with van der Waals surface area (Å²) in [7, 11) is 0. The van der Waals surface area contributed by atoms with Crippen molar-refractivity contribution >= 4 is 17.2 Å². The van der Waals surface area contributed by atoms with E-state index in [9.17, 15) is 0 Å². The van der Waals surface area contributed by atoms with Gasteiger partial charge in [-0.1, -0.05) is 0 Å². The summed E-state index contributed by atoms with van der Waals surface area (Å²) in [6.07, 6.45) is 1.36. The molecular weight excluding hydrogens is 194 g/mol. The fraction of sp³-hybridized carbons (Fsp3) is 0.444. The zero-order chi connectivity index (χ0) is 10.8. The molecule has 3 N–H and O–H groups in total. The van der Waals surface area contributed by atoms with Crippen molar-refractivity contribution in [2.75, 3.05) is 11.9 Å². The molecule has 0 amide bonds. The first-order valence-corrected chi connectivity index (χ1v) is 4.74. The number of hydrogen-bond donors (Lipinski definition) is 2. The molecule has 6 heteroatoms. The molecule has 0 aliphatic rings. The number of nitrogens with zero attached hydrogens (tertiary/aromatic N) is 3. The Balaban J connectivity index is 2.28. The maximum atomic E-state index is 5.62. The maximum absolute atomic E-state index is 5.62. The summed E-state index contributed by atoms with van der Waals surface area (Å²) in [6, 6.07) is 0.0549. The first kappa shape index (κ1) is 9.85. The van der Waals surface area contributed by atoms with E-state index in [0.717, 1.165) is 5.69 Å². The Morgan fingerprint density at radius 2 is 2.33 bits per heavy atom. The lowest BCUT2D eigenvalue weighted by atomic mass is 10.3. The van der Waals surface area contributed by atoms with Crippen LogP contribution in [0.1, 0.15) is 12.6 Å². The van der Waals surface area contributed by atoms with Crippen molar-refractivity contribution in [3.63, 3.8) is 0 Å². The monoisotopic (exact) mass is 207 g/mol. The minimum absolute atomic E-state index is 0.0549. The fourth-order valence-corrected chi connectivity index (χ4v) is 1.23. The van der Waals surface area contributed by atoms with Gasteiger partial charge in [0, 0.05) is 12.6 Å². The molecule has 0 aliphatic heterocycles. The SMILES string of the molecule is Cc1nc(NCC(C)N)nc2ocnc12. The van der Waals surface area contributed by atoms with Crippen LogP contribution < -0.4 is 11.1 Å². The Hall–Kier alpha value is -1.69. The molecule has 0 bridgehead atoms. The van der Waals surface area contributed by atoms with Gasteiger partial charge in [0.05, 0.1) is 5.69 Å². The zero-order valence-electron chi connectivity index (χ0n) is 8.69. The highest BCUT2D eigenvalue weighted by atomic mass is 16.3. The predicted molar refractivity (Wildman–Crippen MR) is 56.5 cm³/mol. The number of hydrogen-bond acceptors (Lipinski definition) is 6. The van der Waals surface area contributed by atoms with E-state index in [1.165, 1.54) is 6.39 Å². The third-order valence-corrected chi connectivity index (χ3v) is 1.95. The Morgan fingerprint density at radius 3 is 3.07 bits per heavy atom. The van der Waals surface area contributed by atoms with Gasteiger partial charge in [-0.25, -0.2) is 9.97 Å². The smallest absolute Gasteiger partial charge is 0.251 e. The quantitative estimate of drug-likeness (QED) is 0.769. The first-order valence-electron chi connectivity index (χ1n) is 4.74. The van der Waals surface area contributed by atoms with E-state index >= 15 is 0 Å². The van der Waals surface area contributed by atoms with Gasteiger partial charge in [0.2, 0.25) is 5.95 Å². The molecule has 0 fully saturated rings. The molecule has 0 radical (unpaired) electrons. The lowest BCUT2D eigenvalue weighted by molar-refractivity contribution is 0.590. The molecule has 2 aromatic heterocycles. The van der Waals surface area contributed by atoms with Crippen molar-refractivity contribution in [2.24, 2.45) is 5.73 Å². The average Bonchev–Trinajstić information content (AvgIpc) is 2.63. The minimum atomic E-state index is 0.0549. The average molecular weight is 207 g/mol. The van der Waals surface area contributed by atoms with E-state index in [1.807, 2.05) is 13.8 Å². The summed E-state index contributed by atoms with van der Waals surface area (Å²) in [5, 5.41) is 3.03. The largest absolute Gasteiger partial charge is 0.425 e. The van der Waals surface area contributed by atoms with Crippen LogP contribution in [0.3, 0.4) is 0 Å². The van der Waals surface area contributed by atoms with Crippen LogP contribution in [0.5, 0.6) is 0 Å². The molecular formula is C9H13N5O. The van der Waals surface area contributed by atoms with Crippen LogP contribution in [0, 0.1) is 6.92 Å². The van der Waals surface area contributed by atoms with Crippen LogP contribution in [0.4, 0.5) is 5.95 Å². The molecule has 0 spiro atoms. The first-order chi connectivity index (χ1) is 7.16. The van der Waals surface area contributed by atoms with Gasteiger partial charge in [-0.3, -0.25) is 0 Å². The standard InChI is InChI=1S/C9H13N5O/c1-5(10)3-11-9-13-6(2)7-8(14-9)15-4-12-7/h4-5H,3,10H2,1-2H3,(H,11,13,14). The van der Waals surface area contributed by atoms with Crippen LogP contribution in [0.25, 0.3) is 11.2 Å². The number of anilines is 1. The van der Waals surface area contributed by atoms with Gasteiger partial charge in [0.25, 0.3) is 5.71 Å². The molecule has 1 unspecified atom stereocenters. The van der Waals surface area contributed by atoms with Crippen molar-refractivity contribution in [1.82, 2.24) is 15.0 Å². The molecule has 2 heterocycles. The van der Waals surface area contributed by atoms with Crippen LogP contribution in [-0.2, 0) is 0 Å². The molecule has 0 aromatic carbocycles. The molecule has 0 saturated carbocycles. The van der Waals surface area contributed by atoms with Crippen LogP contribution in [0.15, 0.2) is 10.8 Å². The molecule has 0 saturated heterocycles. The van der Waals surface area contributed by atoms with E-state index < -0.39 is 0 Å². The molecule has 15 heavy (non-hydrogen) atoms. The molecule has 80 valence electrons. The summed E-state index contributed by atoms with van der Waals surface area (Å²) in [5.74, 6) is 0.522. The van der Waals surface area contributed by atoms with Crippen molar-refractivity contribution in [1.29, 1.82) is 0 Å². The van der Waals surface area contributed by atoms with Gasteiger partial charge in [0.1, 0.15) is 0 Å². The maximum Gasteiger partial charge on any atom is 0.251 e.